The van der Waals surface area contributed by atoms with Crippen LogP contribution in [0.3, 0.4) is 0 Å². The van der Waals surface area contributed by atoms with Crippen LogP contribution in [-0.4, -0.2) is 0 Å². The first-order valence-electron chi connectivity index (χ1n) is 4.58. The van der Waals surface area contributed by atoms with E-state index >= 15 is 0 Å². The van der Waals surface area contributed by atoms with Gasteiger partial charge in [0.05, 0.1) is 0 Å². The lowest BCUT2D eigenvalue weighted by Gasteiger charge is -1.99. The van der Waals surface area contributed by atoms with Gasteiger partial charge < -0.3 is 0 Å². The molecule has 0 bridgehead atoms. The Kier molecular flexibility index (Phi) is 7.17. The Morgan fingerprint density at radius 3 is 2.25 bits per heavy atom. The summed E-state index contributed by atoms with van der Waals surface area (Å²) in [6, 6.07) is 8.37. The summed E-state index contributed by atoms with van der Waals surface area (Å²) in [6.45, 7) is 6.19. The lowest BCUT2D eigenvalue weighted by Crippen LogP contribution is -1.82. The average Bonchev–Trinajstić information content (AvgIpc) is 2.13. The van der Waals surface area contributed by atoms with Crippen molar-refractivity contribution in [1.82, 2.24) is 0 Å². The number of hydrogen-bond donors (Lipinski definition) is 0. The van der Waals surface area contributed by atoms with Gasteiger partial charge in [0.1, 0.15) is 0 Å². The van der Waals surface area contributed by atoms with E-state index in [1.165, 1.54) is 22.9 Å². The Morgan fingerprint density at radius 1 is 1.17 bits per heavy atom. The summed E-state index contributed by atoms with van der Waals surface area (Å²) in [4.78, 5) is 0. The van der Waals surface area contributed by atoms with E-state index < -0.39 is 0 Å². The summed E-state index contributed by atoms with van der Waals surface area (Å²) in [5, 5.41) is 0. The number of halogens is 1. The first kappa shape index (κ1) is 11.7. The molecule has 0 aliphatic rings. The molecule has 0 heterocycles. The molecule has 0 aliphatic heterocycles. The molecule has 1 aromatic rings. The molecule has 0 radical (unpaired) electrons. The largest absolute Gasteiger partial charge is 0.0683 e. The van der Waals surface area contributed by atoms with Crippen LogP contribution in [0.4, 0.5) is 0 Å². The Hall–Kier alpha value is -0.300. The average molecular weight is 229 g/mol. The normalized spacial score (nSPS) is 8.67. The van der Waals surface area contributed by atoms with Gasteiger partial charge in [-0.1, -0.05) is 61.3 Å². The van der Waals surface area contributed by atoms with Gasteiger partial charge in [0.2, 0.25) is 0 Å². The predicted molar refractivity (Wildman–Crippen MR) is 59.5 cm³/mol. The van der Waals surface area contributed by atoms with E-state index in [2.05, 4.69) is 41.1 Å². The van der Waals surface area contributed by atoms with E-state index in [9.17, 15) is 0 Å². The lowest BCUT2D eigenvalue weighted by atomic mass is 10.1. The van der Waals surface area contributed by atoms with Gasteiger partial charge in [-0.3, -0.25) is 0 Å². The van der Waals surface area contributed by atoms with Gasteiger partial charge in [-0.2, -0.15) is 0 Å². The predicted octanol–water partition coefficient (Wildman–Crippen LogP) is 4.43. The van der Waals surface area contributed by atoms with Crippen molar-refractivity contribution in [1.29, 1.82) is 0 Å². The van der Waals surface area contributed by atoms with Crippen LogP contribution in [0, 0.1) is 0 Å². The second-order valence-electron chi connectivity index (χ2n) is 2.34. The molecule has 1 heteroatoms. The molecule has 0 amide bonds. The summed E-state index contributed by atoms with van der Waals surface area (Å²) < 4.78 is 1.23. The first-order valence-corrected chi connectivity index (χ1v) is 5.37. The number of hydrogen-bond acceptors (Lipinski definition) is 0. The molecule has 0 nitrogen and oxygen atoms in total. The van der Waals surface area contributed by atoms with Crippen molar-refractivity contribution in [3.63, 3.8) is 0 Å². The smallest absolute Gasteiger partial charge is 0.0207 e. The maximum atomic E-state index is 3.50. The minimum absolute atomic E-state index is 1.17. The van der Waals surface area contributed by atoms with Crippen molar-refractivity contribution in [2.75, 3.05) is 0 Å². The summed E-state index contributed by atoms with van der Waals surface area (Å²) in [6.07, 6.45) is 2.38. The first-order chi connectivity index (χ1) is 5.84. The fourth-order valence-corrected chi connectivity index (χ4v) is 1.45. The van der Waals surface area contributed by atoms with E-state index in [0.717, 1.165) is 0 Å². The molecular weight excluding hydrogens is 212 g/mol. The van der Waals surface area contributed by atoms with Gasteiger partial charge in [-0.25, -0.2) is 0 Å². The summed E-state index contributed by atoms with van der Waals surface area (Å²) in [5.74, 6) is 0. The van der Waals surface area contributed by atoms with E-state index in [1.807, 2.05) is 19.9 Å². The van der Waals surface area contributed by atoms with Crippen LogP contribution in [0.1, 0.15) is 32.8 Å². The fraction of sp³-hybridized carbons (Fsp3) is 0.455. The van der Waals surface area contributed by atoms with Gasteiger partial charge in [0, 0.05) is 4.47 Å². The monoisotopic (exact) mass is 228 g/mol. The van der Waals surface area contributed by atoms with Crippen LogP contribution >= 0.6 is 15.9 Å². The lowest BCUT2D eigenvalue weighted by molar-refractivity contribution is 0.917. The number of benzene rings is 1. The van der Waals surface area contributed by atoms with Crippen LogP contribution in [0.5, 0.6) is 0 Å². The molecule has 0 atom stereocenters. The molecule has 1 aromatic carbocycles. The van der Waals surface area contributed by atoms with Gasteiger partial charge >= 0.3 is 0 Å². The van der Waals surface area contributed by atoms with Gasteiger partial charge in [-0.15, -0.1) is 0 Å². The van der Waals surface area contributed by atoms with Crippen molar-refractivity contribution in [3.8, 4) is 0 Å². The van der Waals surface area contributed by atoms with Crippen molar-refractivity contribution in [2.24, 2.45) is 0 Å². The third-order valence-electron chi connectivity index (χ3n) is 1.48. The fourth-order valence-electron chi connectivity index (χ4n) is 0.970. The summed E-state index contributed by atoms with van der Waals surface area (Å²) in [7, 11) is 0. The number of aryl methyl sites for hydroxylation is 1. The van der Waals surface area contributed by atoms with E-state index in [4.69, 9.17) is 0 Å². The summed E-state index contributed by atoms with van der Waals surface area (Å²) >= 11 is 3.50. The molecule has 0 aliphatic carbocycles. The molecular formula is C11H17Br. The zero-order chi connectivity index (χ0) is 9.40. The van der Waals surface area contributed by atoms with Crippen molar-refractivity contribution < 1.29 is 0 Å². The quantitative estimate of drug-likeness (QED) is 0.703. The zero-order valence-electron chi connectivity index (χ0n) is 8.10. The van der Waals surface area contributed by atoms with E-state index in [-0.39, 0.29) is 0 Å². The van der Waals surface area contributed by atoms with Crippen molar-refractivity contribution >= 4 is 15.9 Å². The highest BCUT2D eigenvalue weighted by molar-refractivity contribution is 9.10. The van der Waals surface area contributed by atoms with Crippen LogP contribution in [0.25, 0.3) is 0 Å². The Morgan fingerprint density at radius 2 is 1.75 bits per heavy atom. The molecule has 1 rings (SSSR count). The molecule has 68 valence electrons. The third-order valence-corrected chi connectivity index (χ3v) is 2.25. The van der Waals surface area contributed by atoms with Gasteiger partial charge in [0.25, 0.3) is 0 Å². The second kappa shape index (κ2) is 7.35. The van der Waals surface area contributed by atoms with Crippen LogP contribution in [0.15, 0.2) is 28.7 Å². The van der Waals surface area contributed by atoms with Gasteiger partial charge in [0.15, 0.2) is 0 Å². The van der Waals surface area contributed by atoms with Crippen LogP contribution in [0.2, 0.25) is 0 Å². The SMILES string of the molecule is CC.CCCc1ccccc1Br. The Labute approximate surface area is 84.1 Å². The molecule has 0 fully saturated rings. The molecule has 12 heavy (non-hydrogen) atoms. The summed E-state index contributed by atoms with van der Waals surface area (Å²) in [5.41, 5.74) is 1.41. The molecule has 0 unspecified atom stereocenters. The number of rotatable bonds is 2. The standard InChI is InChI=1S/C9H11Br.C2H6/c1-2-5-8-6-3-4-7-9(8)10;1-2/h3-4,6-7H,2,5H2,1H3;1-2H3. The highest BCUT2D eigenvalue weighted by atomic mass is 79.9. The Bertz CT molecular complexity index is 206. The highest BCUT2D eigenvalue weighted by Gasteiger charge is 1.94. The molecule has 0 N–H and O–H groups in total. The van der Waals surface area contributed by atoms with Crippen LogP contribution in [-0.2, 0) is 6.42 Å². The highest BCUT2D eigenvalue weighted by Crippen LogP contribution is 2.16. The van der Waals surface area contributed by atoms with E-state index in [0.29, 0.717) is 0 Å². The molecule has 0 spiro atoms. The maximum absolute atomic E-state index is 3.50. The van der Waals surface area contributed by atoms with Crippen molar-refractivity contribution in [3.05, 3.63) is 34.3 Å². The molecule has 0 saturated carbocycles. The third kappa shape index (κ3) is 3.91. The minimum Gasteiger partial charge on any atom is -0.0683 e. The Balaban J connectivity index is 0.000000561. The maximum Gasteiger partial charge on any atom is 0.0207 e. The molecule has 0 saturated heterocycles. The molecule has 0 aromatic heterocycles. The zero-order valence-corrected chi connectivity index (χ0v) is 9.69. The van der Waals surface area contributed by atoms with Crippen molar-refractivity contribution in [2.45, 2.75) is 33.6 Å². The van der Waals surface area contributed by atoms with Crippen LogP contribution < -0.4 is 0 Å². The van der Waals surface area contributed by atoms with E-state index in [1.54, 1.807) is 0 Å². The van der Waals surface area contributed by atoms with Gasteiger partial charge in [-0.05, 0) is 18.1 Å². The second-order valence-corrected chi connectivity index (χ2v) is 3.20. The minimum atomic E-state index is 1.17. The topological polar surface area (TPSA) is 0 Å².